The molecule has 1 aliphatic rings. The van der Waals surface area contributed by atoms with Gasteiger partial charge in [-0.15, -0.1) is 0 Å². The molecule has 0 aromatic carbocycles. The van der Waals surface area contributed by atoms with Crippen LogP contribution >= 0.6 is 0 Å². The zero-order valence-electron chi connectivity index (χ0n) is 11.3. The van der Waals surface area contributed by atoms with E-state index in [1.807, 2.05) is 13.0 Å². The lowest BCUT2D eigenvalue weighted by molar-refractivity contribution is 0.528. The maximum absolute atomic E-state index is 13.8. The minimum Gasteiger partial charge on any atom is -0.316 e. The highest BCUT2D eigenvalue weighted by Crippen LogP contribution is 2.18. The Morgan fingerprint density at radius 3 is 3.10 bits per heavy atom. The molecule has 1 atom stereocenters. The van der Waals surface area contributed by atoms with Crippen LogP contribution in [0.1, 0.15) is 17.8 Å². The number of aryl methyl sites for hydroxylation is 1. The Hall–Kier alpha value is -2.02. The third-order valence-electron chi connectivity index (χ3n) is 3.41. The fourth-order valence-electron chi connectivity index (χ4n) is 2.36. The summed E-state index contributed by atoms with van der Waals surface area (Å²) in [6, 6.07) is 1.84. The predicted octanol–water partition coefficient (Wildman–Crippen LogP) is 1.54. The molecule has 3 heterocycles. The molecule has 0 amide bonds. The van der Waals surface area contributed by atoms with Crippen LogP contribution in [0.4, 0.5) is 16.2 Å². The van der Waals surface area contributed by atoms with Crippen molar-refractivity contribution in [3.8, 4) is 0 Å². The molecule has 1 unspecified atom stereocenters. The van der Waals surface area contributed by atoms with E-state index in [9.17, 15) is 4.39 Å². The minimum atomic E-state index is -0.347. The molecule has 2 aromatic heterocycles. The summed E-state index contributed by atoms with van der Waals surface area (Å²) in [5.41, 5.74) is 1.40. The molecular formula is C13H17FN6. The van der Waals surface area contributed by atoms with E-state index in [4.69, 9.17) is 0 Å². The van der Waals surface area contributed by atoms with Crippen molar-refractivity contribution in [2.45, 2.75) is 19.8 Å². The Balaban J connectivity index is 1.75. The number of aromatic amines is 1. The molecule has 1 saturated heterocycles. The average Bonchev–Trinajstić information content (AvgIpc) is 3.06. The van der Waals surface area contributed by atoms with Gasteiger partial charge in [0, 0.05) is 11.8 Å². The standard InChI is InChI=1S/C13H17FN6/c1-8-4-12(20-19-8)18-13-16-7-10(14)11(17-13)5-9-2-3-15-6-9/h4,7,9,15H,2-3,5-6H2,1H3,(H2,16,17,18,19,20). The summed E-state index contributed by atoms with van der Waals surface area (Å²) in [4.78, 5) is 8.21. The Kier molecular flexibility index (Phi) is 3.60. The first-order valence-electron chi connectivity index (χ1n) is 6.72. The lowest BCUT2D eigenvalue weighted by atomic mass is 10.0. The fourth-order valence-corrected chi connectivity index (χ4v) is 2.36. The summed E-state index contributed by atoms with van der Waals surface area (Å²) >= 11 is 0. The van der Waals surface area contributed by atoms with Crippen molar-refractivity contribution in [2.75, 3.05) is 18.4 Å². The Morgan fingerprint density at radius 2 is 2.40 bits per heavy atom. The summed E-state index contributed by atoms with van der Waals surface area (Å²) in [6.07, 6.45) is 2.91. The van der Waals surface area contributed by atoms with Crippen LogP contribution in [0.2, 0.25) is 0 Å². The third kappa shape index (κ3) is 2.93. The molecule has 0 saturated carbocycles. The second-order valence-electron chi connectivity index (χ2n) is 5.11. The topological polar surface area (TPSA) is 78.5 Å². The molecule has 0 aliphatic carbocycles. The lowest BCUT2D eigenvalue weighted by Crippen LogP contribution is -2.13. The van der Waals surface area contributed by atoms with Crippen molar-refractivity contribution >= 4 is 11.8 Å². The number of halogens is 1. The van der Waals surface area contributed by atoms with Gasteiger partial charge in [-0.2, -0.15) is 5.10 Å². The van der Waals surface area contributed by atoms with Gasteiger partial charge in [-0.25, -0.2) is 14.4 Å². The number of nitrogens with one attached hydrogen (secondary N) is 3. The van der Waals surface area contributed by atoms with Gasteiger partial charge >= 0.3 is 0 Å². The van der Waals surface area contributed by atoms with Crippen molar-refractivity contribution in [2.24, 2.45) is 5.92 Å². The molecule has 1 aliphatic heterocycles. The summed E-state index contributed by atoms with van der Waals surface area (Å²) in [6.45, 7) is 3.82. The summed E-state index contributed by atoms with van der Waals surface area (Å²) in [7, 11) is 0. The van der Waals surface area contributed by atoms with Crippen LogP contribution in [-0.4, -0.2) is 33.3 Å². The number of hydrogen-bond donors (Lipinski definition) is 3. The van der Waals surface area contributed by atoms with Crippen LogP contribution in [-0.2, 0) is 6.42 Å². The molecule has 20 heavy (non-hydrogen) atoms. The molecule has 2 aromatic rings. The SMILES string of the molecule is Cc1cc(Nc2ncc(F)c(CC3CCNC3)n2)n[nH]1. The van der Waals surface area contributed by atoms with Crippen LogP contribution in [0.5, 0.6) is 0 Å². The number of hydrogen-bond acceptors (Lipinski definition) is 5. The first-order chi connectivity index (χ1) is 9.70. The van der Waals surface area contributed by atoms with Crippen LogP contribution in [0.3, 0.4) is 0 Å². The van der Waals surface area contributed by atoms with Crippen molar-refractivity contribution in [1.82, 2.24) is 25.5 Å². The predicted molar refractivity (Wildman–Crippen MR) is 73.3 cm³/mol. The third-order valence-corrected chi connectivity index (χ3v) is 3.41. The van der Waals surface area contributed by atoms with Gasteiger partial charge in [0.2, 0.25) is 5.95 Å². The van der Waals surface area contributed by atoms with Crippen molar-refractivity contribution in [3.05, 3.63) is 29.5 Å². The molecule has 106 valence electrons. The molecular weight excluding hydrogens is 259 g/mol. The van der Waals surface area contributed by atoms with E-state index in [2.05, 4.69) is 30.8 Å². The molecule has 7 heteroatoms. The van der Waals surface area contributed by atoms with Crippen molar-refractivity contribution in [3.63, 3.8) is 0 Å². The maximum Gasteiger partial charge on any atom is 0.228 e. The number of nitrogens with zero attached hydrogens (tertiary/aromatic N) is 3. The molecule has 0 radical (unpaired) electrons. The van der Waals surface area contributed by atoms with Crippen LogP contribution in [0.15, 0.2) is 12.3 Å². The van der Waals surface area contributed by atoms with Crippen molar-refractivity contribution in [1.29, 1.82) is 0 Å². The van der Waals surface area contributed by atoms with Gasteiger partial charge in [-0.1, -0.05) is 0 Å². The Morgan fingerprint density at radius 1 is 1.50 bits per heavy atom. The molecule has 0 spiro atoms. The largest absolute Gasteiger partial charge is 0.316 e. The van der Waals surface area contributed by atoms with Gasteiger partial charge in [-0.05, 0) is 38.8 Å². The van der Waals surface area contributed by atoms with Crippen LogP contribution in [0.25, 0.3) is 0 Å². The Labute approximate surface area is 116 Å². The van der Waals surface area contributed by atoms with Gasteiger partial charge < -0.3 is 10.6 Å². The smallest absolute Gasteiger partial charge is 0.228 e. The van der Waals surface area contributed by atoms with Gasteiger partial charge in [0.15, 0.2) is 11.6 Å². The van der Waals surface area contributed by atoms with E-state index in [-0.39, 0.29) is 5.82 Å². The summed E-state index contributed by atoms with van der Waals surface area (Å²) in [5, 5.41) is 13.1. The van der Waals surface area contributed by atoms with Gasteiger partial charge in [-0.3, -0.25) is 5.10 Å². The van der Waals surface area contributed by atoms with Crippen LogP contribution < -0.4 is 10.6 Å². The highest BCUT2D eigenvalue weighted by Gasteiger charge is 2.18. The average molecular weight is 276 g/mol. The van der Waals surface area contributed by atoms with E-state index in [1.54, 1.807) is 0 Å². The second kappa shape index (κ2) is 5.54. The molecule has 6 nitrogen and oxygen atoms in total. The first-order valence-corrected chi connectivity index (χ1v) is 6.72. The zero-order chi connectivity index (χ0) is 13.9. The summed E-state index contributed by atoms with van der Waals surface area (Å²) < 4.78 is 13.8. The number of H-pyrrole nitrogens is 1. The quantitative estimate of drug-likeness (QED) is 0.789. The van der Waals surface area contributed by atoms with E-state index < -0.39 is 0 Å². The van der Waals surface area contributed by atoms with E-state index in [0.29, 0.717) is 29.8 Å². The first kappa shape index (κ1) is 13.0. The maximum atomic E-state index is 13.8. The molecule has 1 fully saturated rings. The van der Waals surface area contributed by atoms with E-state index in [0.717, 1.165) is 25.2 Å². The molecule has 0 bridgehead atoms. The normalized spacial score (nSPS) is 18.4. The zero-order valence-corrected chi connectivity index (χ0v) is 11.3. The van der Waals surface area contributed by atoms with Crippen LogP contribution in [0, 0.1) is 18.7 Å². The van der Waals surface area contributed by atoms with E-state index in [1.165, 1.54) is 6.20 Å². The van der Waals surface area contributed by atoms with Gasteiger partial charge in [0.05, 0.1) is 11.9 Å². The monoisotopic (exact) mass is 276 g/mol. The number of aromatic nitrogens is 4. The highest BCUT2D eigenvalue weighted by atomic mass is 19.1. The highest BCUT2D eigenvalue weighted by molar-refractivity contribution is 5.47. The fraction of sp³-hybridized carbons (Fsp3) is 0.462. The van der Waals surface area contributed by atoms with Gasteiger partial charge in [0.1, 0.15) is 0 Å². The van der Waals surface area contributed by atoms with Crippen molar-refractivity contribution < 1.29 is 4.39 Å². The van der Waals surface area contributed by atoms with E-state index >= 15 is 0 Å². The minimum absolute atomic E-state index is 0.347. The second-order valence-corrected chi connectivity index (χ2v) is 5.11. The Bertz CT molecular complexity index is 590. The molecule has 3 N–H and O–H groups in total. The molecule has 3 rings (SSSR count). The summed E-state index contributed by atoms with van der Waals surface area (Å²) in [5.74, 6) is 1.10. The lowest BCUT2D eigenvalue weighted by Gasteiger charge is -2.09. The number of anilines is 2. The van der Waals surface area contributed by atoms with Gasteiger partial charge in [0.25, 0.3) is 0 Å². The number of rotatable bonds is 4.